The Morgan fingerprint density at radius 1 is 0.460 bits per heavy atom. The first kappa shape index (κ1) is 30.5. The van der Waals surface area contributed by atoms with E-state index in [2.05, 4.69) is 48.2 Å². The van der Waals surface area contributed by atoms with E-state index >= 15 is 0 Å². The van der Waals surface area contributed by atoms with Crippen LogP contribution in [0, 0.1) is 6.57 Å². The van der Waals surface area contributed by atoms with E-state index in [-0.39, 0.29) is 0 Å². The number of fused-ring (bicyclic) bond motifs is 1. The van der Waals surface area contributed by atoms with Crippen LogP contribution >= 0.6 is 0 Å². The van der Waals surface area contributed by atoms with Crippen LogP contribution in [0.5, 0.6) is 0 Å². The quantitative estimate of drug-likeness (QED) is 0.162. The molecule has 236 valence electrons. The number of aryl methyl sites for hydroxylation is 1. The lowest BCUT2D eigenvalue weighted by Gasteiger charge is -2.16. The predicted molar refractivity (Wildman–Crippen MR) is 201 cm³/mol. The predicted octanol–water partition coefficient (Wildman–Crippen LogP) is 10.9. The van der Waals surface area contributed by atoms with Gasteiger partial charge in [-0.15, -0.1) is 0 Å². The molecule has 6 aromatic carbocycles. The van der Waals surface area contributed by atoms with Crippen LogP contribution in [0.25, 0.3) is 83.4 Å². The Morgan fingerprint density at radius 3 is 1.60 bits per heavy atom. The molecule has 0 spiro atoms. The zero-order valence-electron chi connectivity index (χ0n) is 27.3. The highest BCUT2D eigenvalue weighted by Gasteiger charge is 2.18. The average molecular weight is 643 g/mol. The van der Waals surface area contributed by atoms with Crippen molar-refractivity contribution in [3.8, 4) is 67.7 Å². The Balaban J connectivity index is 1.40. The van der Waals surface area contributed by atoms with Crippen molar-refractivity contribution in [2.45, 2.75) is 13.3 Å². The molecule has 0 N–H and O–H groups in total. The second-order valence-corrected chi connectivity index (χ2v) is 11.9. The van der Waals surface area contributed by atoms with Crippen molar-refractivity contribution in [3.05, 3.63) is 169 Å². The Labute approximate surface area is 290 Å². The summed E-state index contributed by atoms with van der Waals surface area (Å²) in [6, 6.07) is 50.5. The Hall–Kier alpha value is -6.84. The van der Waals surface area contributed by atoms with Crippen LogP contribution in [-0.4, -0.2) is 24.9 Å². The van der Waals surface area contributed by atoms with E-state index in [9.17, 15) is 0 Å². The number of hydrogen-bond acceptors (Lipinski definition) is 5. The molecule has 0 aliphatic heterocycles. The summed E-state index contributed by atoms with van der Waals surface area (Å²) < 4.78 is 0. The Morgan fingerprint density at radius 2 is 0.960 bits per heavy atom. The van der Waals surface area contributed by atoms with Crippen molar-refractivity contribution in [3.63, 3.8) is 0 Å². The zero-order valence-corrected chi connectivity index (χ0v) is 27.3. The van der Waals surface area contributed by atoms with Gasteiger partial charge in [0, 0.05) is 34.1 Å². The molecule has 2 aromatic heterocycles. The highest BCUT2D eigenvalue weighted by molar-refractivity contribution is 5.98. The maximum Gasteiger partial charge on any atom is 0.194 e. The van der Waals surface area contributed by atoms with E-state index in [1.165, 1.54) is 0 Å². The summed E-state index contributed by atoms with van der Waals surface area (Å²) in [5.41, 5.74) is 9.66. The number of nitrogens with zero attached hydrogens (tertiary/aromatic N) is 6. The van der Waals surface area contributed by atoms with Gasteiger partial charge in [0.1, 0.15) is 5.82 Å². The van der Waals surface area contributed by atoms with E-state index < -0.39 is 0 Å². The molecule has 0 fully saturated rings. The van der Waals surface area contributed by atoms with Gasteiger partial charge in [0.2, 0.25) is 0 Å². The second kappa shape index (κ2) is 13.3. The number of aromatic nitrogens is 5. The van der Waals surface area contributed by atoms with Gasteiger partial charge in [0.05, 0.1) is 17.8 Å². The number of para-hydroxylation sites is 2. The van der Waals surface area contributed by atoms with Crippen molar-refractivity contribution in [1.29, 1.82) is 0 Å². The minimum Gasteiger partial charge on any atom is -0.238 e. The Bertz CT molecular complexity index is 2480. The summed E-state index contributed by atoms with van der Waals surface area (Å²) in [5, 5.41) is 0.990. The van der Waals surface area contributed by atoms with Crippen LogP contribution in [-0.2, 0) is 6.42 Å². The average Bonchev–Trinajstić information content (AvgIpc) is 3.20. The van der Waals surface area contributed by atoms with Crippen LogP contribution in [0.4, 0.5) is 5.69 Å². The molecule has 0 aliphatic carbocycles. The van der Waals surface area contributed by atoms with Crippen molar-refractivity contribution in [2.75, 3.05) is 0 Å². The Kier molecular flexibility index (Phi) is 8.14. The van der Waals surface area contributed by atoms with Crippen LogP contribution in [0.3, 0.4) is 0 Å². The first-order valence-corrected chi connectivity index (χ1v) is 16.5. The van der Waals surface area contributed by atoms with Gasteiger partial charge in [0.25, 0.3) is 0 Å². The van der Waals surface area contributed by atoms with Crippen LogP contribution in [0.15, 0.2) is 152 Å². The maximum atomic E-state index is 7.96. The van der Waals surface area contributed by atoms with Crippen molar-refractivity contribution < 1.29 is 0 Å². The zero-order chi connectivity index (χ0) is 33.9. The molecule has 0 saturated heterocycles. The van der Waals surface area contributed by atoms with Gasteiger partial charge in [-0.2, -0.15) is 0 Å². The molecular formula is C44H30N6. The lowest BCUT2D eigenvalue weighted by Crippen LogP contribution is -2.01. The maximum absolute atomic E-state index is 7.96. The molecule has 0 aliphatic rings. The van der Waals surface area contributed by atoms with Crippen molar-refractivity contribution >= 4 is 16.6 Å². The smallest absolute Gasteiger partial charge is 0.194 e. The largest absolute Gasteiger partial charge is 0.238 e. The molecule has 8 aromatic rings. The fourth-order valence-corrected chi connectivity index (χ4v) is 6.25. The van der Waals surface area contributed by atoms with Crippen LogP contribution < -0.4 is 0 Å². The second-order valence-electron chi connectivity index (χ2n) is 11.9. The van der Waals surface area contributed by atoms with E-state index in [4.69, 9.17) is 31.5 Å². The molecule has 50 heavy (non-hydrogen) atoms. The molecule has 0 unspecified atom stereocenters. The molecule has 8 rings (SSSR count). The number of benzene rings is 6. The molecule has 2 heterocycles. The topological polar surface area (TPSA) is 68.8 Å². The van der Waals surface area contributed by atoms with Crippen LogP contribution in [0.1, 0.15) is 12.7 Å². The van der Waals surface area contributed by atoms with E-state index in [0.29, 0.717) is 23.2 Å². The first-order valence-electron chi connectivity index (χ1n) is 16.5. The molecule has 6 nitrogen and oxygen atoms in total. The third-order valence-corrected chi connectivity index (χ3v) is 8.69. The minimum atomic E-state index is 0.541. The number of hydrogen-bond donors (Lipinski definition) is 0. The lowest BCUT2D eigenvalue weighted by molar-refractivity contribution is 0.964. The van der Waals surface area contributed by atoms with Crippen LogP contribution in [0.2, 0.25) is 0 Å². The molecule has 0 atom stereocenters. The third kappa shape index (κ3) is 5.89. The fraction of sp³-hybridized carbons (Fsp3) is 0.0455. The van der Waals surface area contributed by atoms with Gasteiger partial charge in [-0.1, -0.05) is 134 Å². The summed E-state index contributed by atoms with van der Waals surface area (Å²) in [6.07, 6.45) is 0.722. The molecule has 6 heteroatoms. The summed E-state index contributed by atoms with van der Waals surface area (Å²) >= 11 is 0. The molecule has 0 amide bonds. The summed E-state index contributed by atoms with van der Waals surface area (Å²) in [7, 11) is 0. The lowest BCUT2D eigenvalue weighted by atomic mass is 9.91. The van der Waals surface area contributed by atoms with E-state index in [0.717, 1.165) is 73.3 Å². The molecule has 0 bridgehead atoms. The molecular weight excluding hydrogens is 613 g/mol. The molecule has 0 radical (unpaired) electrons. The SMILES string of the molecule is [C-]#[N+]c1ccccc1-c1cc(-c2nc(-c3ccccc3)nc(-c3ccccc3)n2)cc(-c2ccccc2-c2nc(CC)nc3ccccc23)c1. The van der Waals surface area contributed by atoms with Crippen molar-refractivity contribution in [2.24, 2.45) is 0 Å². The van der Waals surface area contributed by atoms with Gasteiger partial charge < -0.3 is 0 Å². The summed E-state index contributed by atoms with van der Waals surface area (Å²) in [4.78, 5) is 28.8. The van der Waals surface area contributed by atoms with Crippen molar-refractivity contribution in [1.82, 2.24) is 24.9 Å². The van der Waals surface area contributed by atoms with Gasteiger partial charge in [-0.25, -0.2) is 29.8 Å². The summed E-state index contributed by atoms with van der Waals surface area (Å²) in [5.74, 6) is 2.51. The van der Waals surface area contributed by atoms with Gasteiger partial charge in [-0.05, 0) is 46.5 Å². The summed E-state index contributed by atoms with van der Waals surface area (Å²) in [6.45, 7) is 10.0. The highest BCUT2D eigenvalue weighted by atomic mass is 15.0. The normalized spacial score (nSPS) is 11.0. The minimum absolute atomic E-state index is 0.541. The molecule has 0 saturated carbocycles. The third-order valence-electron chi connectivity index (χ3n) is 8.69. The number of rotatable bonds is 7. The fourth-order valence-electron chi connectivity index (χ4n) is 6.25. The van der Waals surface area contributed by atoms with Gasteiger partial charge in [-0.3, -0.25) is 0 Å². The first-order chi connectivity index (χ1) is 24.7. The van der Waals surface area contributed by atoms with Gasteiger partial charge in [0.15, 0.2) is 23.2 Å². The highest BCUT2D eigenvalue weighted by Crippen LogP contribution is 2.40. The van der Waals surface area contributed by atoms with E-state index in [1.54, 1.807) is 0 Å². The standard InChI is InChI=1S/C44H30N6/c1-3-40-46-39-25-15-13-23-37(39)41(47-40)36-22-11-10-20-34(36)31-26-32(35-21-12-14-24-38(35)45-2)28-33(27-31)44-49-42(29-16-6-4-7-17-29)48-43(50-44)30-18-8-5-9-19-30/h4-28H,3H2,1H3. The monoisotopic (exact) mass is 642 g/mol. The van der Waals surface area contributed by atoms with Gasteiger partial charge >= 0.3 is 0 Å². The van der Waals surface area contributed by atoms with E-state index in [1.807, 2.05) is 115 Å².